The smallest absolute Gasteiger partial charge is 0.0499 e. The first-order chi connectivity index (χ1) is 9.54. The van der Waals surface area contributed by atoms with Gasteiger partial charge in [-0.15, -0.1) is 0 Å². The number of halogens is 1. The summed E-state index contributed by atoms with van der Waals surface area (Å²) in [5, 5.41) is 4.25. The van der Waals surface area contributed by atoms with Gasteiger partial charge in [-0.25, -0.2) is 0 Å². The van der Waals surface area contributed by atoms with Crippen LogP contribution in [0.2, 0.25) is 5.02 Å². The van der Waals surface area contributed by atoms with E-state index < -0.39 is 0 Å². The Hall–Kier alpha value is -1.25. The van der Waals surface area contributed by atoms with E-state index in [4.69, 9.17) is 11.6 Å². The fraction of sp³-hybridized carbons (Fsp3) is 0.412. The molecule has 0 amide bonds. The molecular formula is C17H23ClN2. The third-order valence-corrected chi connectivity index (χ3v) is 3.93. The molecule has 0 aliphatic rings. The molecule has 0 saturated carbocycles. The van der Waals surface area contributed by atoms with Crippen molar-refractivity contribution in [1.82, 2.24) is 9.88 Å². The highest BCUT2D eigenvalue weighted by Crippen LogP contribution is 2.25. The molecule has 0 aliphatic carbocycles. The standard InChI is InChI=1S/C17H23ClN2/c1-5-8-19-11-15-9-13(3)20(14(15)4)17-10-16(18)7-6-12(17)2/h6-7,9-10,19H,5,8,11H2,1-4H3. The Labute approximate surface area is 126 Å². The van der Waals surface area contributed by atoms with Crippen molar-refractivity contribution < 1.29 is 0 Å². The molecule has 0 unspecified atom stereocenters. The van der Waals surface area contributed by atoms with Gasteiger partial charge in [0.05, 0.1) is 0 Å². The van der Waals surface area contributed by atoms with Crippen LogP contribution in [0.5, 0.6) is 0 Å². The zero-order valence-electron chi connectivity index (χ0n) is 12.8. The Morgan fingerprint density at radius 1 is 1.15 bits per heavy atom. The maximum atomic E-state index is 6.15. The average molecular weight is 291 g/mol. The van der Waals surface area contributed by atoms with Crippen LogP contribution in [0.25, 0.3) is 5.69 Å². The minimum atomic E-state index is 0.781. The van der Waals surface area contributed by atoms with Crippen LogP contribution < -0.4 is 5.32 Å². The van der Waals surface area contributed by atoms with Crippen molar-refractivity contribution in [2.75, 3.05) is 6.54 Å². The number of hydrogen-bond donors (Lipinski definition) is 1. The van der Waals surface area contributed by atoms with E-state index in [0.717, 1.165) is 24.5 Å². The van der Waals surface area contributed by atoms with Gasteiger partial charge >= 0.3 is 0 Å². The monoisotopic (exact) mass is 290 g/mol. The Balaban J connectivity index is 2.39. The zero-order chi connectivity index (χ0) is 14.7. The summed E-state index contributed by atoms with van der Waals surface area (Å²) >= 11 is 6.15. The maximum Gasteiger partial charge on any atom is 0.0499 e. The molecular weight excluding hydrogens is 268 g/mol. The van der Waals surface area contributed by atoms with Crippen LogP contribution in [0.1, 0.15) is 35.9 Å². The largest absolute Gasteiger partial charge is 0.318 e. The Morgan fingerprint density at radius 3 is 2.60 bits per heavy atom. The van der Waals surface area contributed by atoms with Gasteiger partial charge in [-0.2, -0.15) is 0 Å². The summed E-state index contributed by atoms with van der Waals surface area (Å²) in [6.07, 6.45) is 1.16. The van der Waals surface area contributed by atoms with Crippen LogP contribution in [0, 0.1) is 20.8 Å². The van der Waals surface area contributed by atoms with Gasteiger partial charge in [0.2, 0.25) is 0 Å². The van der Waals surface area contributed by atoms with Gasteiger partial charge in [-0.3, -0.25) is 0 Å². The summed E-state index contributed by atoms with van der Waals surface area (Å²) in [6.45, 7) is 10.6. The maximum absolute atomic E-state index is 6.15. The van der Waals surface area contributed by atoms with Gasteiger partial charge in [-0.05, 0) is 63.1 Å². The van der Waals surface area contributed by atoms with Crippen molar-refractivity contribution in [3.05, 3.63) is 51.8 Å². The number of aromatic nitrogens is 1. The molecule has 1 N–H and O–H groups in total. The molecule has 0 radical (unpaired) electrons. The van der Waals surface area contributed by atoms with Crippen molar-refractivity contribution in [3.63, 3.8) is 0 Å². The second-order valence-electron chi connectivity index (χ2n) is 5.34. The summed E-state index contributed by atoms with van der Waals surface area (Å²) in [5.74, 6) is 0. The summed E-state index contributed by atoms with van der Waals surface area (Å²) in [5.41, 5.74) is 6.31. The van der Waals surface area contributed by atoms with E-state index in [9.17, 15) is 0 Å². The number of aryl methyl sites for hydroxylation is 2. The third-order valence-electron chi connectivity index (χ3n) is 3.69. The molecule has 1 aromatic heterocycles. The topological polar surface area (TPSA) is 17.0 Å². The molecule has 1 aromatic carbocycles. The van der Waals surface area contributed by atoms with Crippen molar-refractivity contribution in [1.29, 1.82) is 0 Å². The second kappa shape index (κ2) is 6.47. The lowest BCUT2D eigenvalue weighted by Crippen LogP contribution is -2.14. The summed E-state index contributed by atoms with van der Waals surface area (Å²) in [4.78, 5) is 0. The molecule has 20 heavy (non-hydrogen) atoms. The van der Waals surface area contributed by atoms with Gasteiger partial charge in [0.1, 0.15) is 0 Å². The molecule has 0 saturated heterocycles. The van der Waals surface area contributed by atoms with Gasteiger partial charge in [0, 0.05) is 28.6 Å². The number of hydrogen-bond acceptors (Lipinski definition) is 1. The van der Waals surface area contributed by atoms with Crippen LogP contribution >= 0.6 is 11.6 Å². The number of rotatable bonds is 5. The van der Waals surface area contributed by atoms with Gasteiger partial charge in [0.15, 0.2) is 0 Å². The highest BCUT2D eigenvalue weighted by molar-refractivity contribution is 6.30. The predicted molar refractivity (Wildman–Crippen MR) is 87.0 cm³/mol. The van der Waals surface area contributed by atoms with E-state index in [2.05, 4.69) is 49.7 Å². The first kappa shape index (κ1) is 15.1. The predicted octanol–water partition coefficient (Wildman–Crippen LogP) is 4.56. The number of benzene rings is 1. The molecule has 3 heteroatoms. The summed E-state index contributed by atoms with van der Waals surface area (Å²) in [6, 6.07) is 8.32. The highest BCUT2D eigenvalue weighted by atomic mass is 35.5. The first-order valence-electron chi connectivity index (χ1n) is 7.19. The second-order valence-corrected chi connectivity index (χ2v) is 5.78. The van der Waals surface area contributed by atoms with E-state index in [1.54, 1.807) is 0 Å². The molecule has 2 nitrogen and oxygen atoms in total. The number of nitrogens with zero attached hydrogens (tertiary/aromatic N) is 1. The lowest BCUT2D eigenvalue weighted by Gasteiger charge is -2.13. The van der Waals surface area contributed by atoms with Crippen LogP contribution in [0.15, 0.2) is 24.3 Å². The van der Waals surface area contributed by atoms with Crippen molar-refractivity contribution >= 4 is 11.6 Å². The van der Waals surface area contributed by atoms with Gasteiger partial charge < -0.3 is 9.88 Å². The van der Waals surface area contributed by atoms with Crippen molar-refractivity contribution in [3.8, 4) is 5.69 Å². The van der Waals surface area contributed by atoms with Gasteiger partial charge in [0.25, 0.3) is 0 Å². The van der Waals surface area contributed by atoms with E-state index in [1.165, 1.54) is 28.2 Å². The van der Waals surface area contributed by atoms with Crippen LogP contribution in [0.4, 0.5) is 0 Å². The molecule has 0 fully saturated rings. The Morgan fingerprint density at radius 2 is 1.90 bits per heavy atom. The van der Waals surface area contributed by atoms with E-state index in [1.807, 2.05) is 12.1 Å². The minimum absolute atomic E-state index is 0.781. The molecule has 0 spiro atoms. The average Bonchev–Trinajstić information content (AvgIpc) is 2.68. The van der Waals surface area contributed by atoms with E-state index >= 15 is 0 Å². The summed E-state index contributed by atoms with van der Waals surface area (Å²) in [7, 11) is 0. The normalized spacial score (nSPS) is 11.1. The third kappa shape index (κ3) is 3.08. The lowest BCUT2D eigenvalue weighted by molar-refractivity contribution is 0.672. The fourth-order valence-electron chi connectivity index (χ4n) is 2.60. The molecule has 2 aromatic rings. The fourth-order valence-corrected chi connectivity index (χ4v) is 2.77. The Kier molecular flexibility index (Phi) is 4.90. The first-order valence-corrected chi connectivity index (χ1v) is 7.57. The molecule has 2 rings (SSSR count). The SMILES string of the molecule is CCCNCc1cc(C)n(-c2cc(Cl)ccc2C)c1C. The van der Waals surface area contributed by atoms with Crippen LogP contribution in [0.3, 0.4) is 0 Å². The lowest BCUT2D eigenvalue weighted by atomic mass is 10.2. The summed E-state index contributed by atoms with van der Waals surface area (Å²) < 4.78 is 2.30. The number of nitrogens with one attached hydrogen (secondary N) is 1. The van der Waals surface area contributed by atoms with Gasteiger partial charge in [-0.1, -0.05) is 24.6 Å². The van der Waals surface area contributed by atoms with Crippen molar-refractivity contribution in [2.45, 2.75) is 40.7 Å². The quantitative estimate of drug-likeness (QED) is 0.799. The molecule has 0 bridgehead atoms. The molecule has 1 heterocycles. The molecule has 0 aliphatic heterocycles. The minimum Gasteiger partial charge on any atom is -0.318 e. The highest BCUT2D eigenvalue weighted by Gasteiger charge is 2.12. The molecule has 0 atom stereocenters. The Bertz CT molecular complexity index is 599. The van der Waals surface area contributed by atoms with Crippen molar-refractivity contribution in [2.24, 2.45) is 0 Å². The van der Waals surface area contributed by atoms with E-state index in [0.29, 0.717) is 0 Å². The van der Waals surface area contributed by atoms with E-state index in [-0.39, 0.29) is 0 Å². The van der Waals surface area contributed by atoms with Crippen LogP contribution in [-0.4, -0.2) is 11.1 Å². The van der Waals surface area contributed by atoms with Crippen LogP contribution in [-0.2, 0) is 6.54 Å². The zero-order valence-corrected chi connectivity index (χ0v) is 13.5. The molecule has 108 valence electrons.